The lowest BCUT2D eigenvalue weighted by atomic mass is 10.1. The van der Waals surface area contributed by atoms with Crippen molar-refractivity contribution in [1.82, 2.24) is 15.3 Å². The number of thiocarbonyl (C=S) groups is 1. The summed E-state index contributed by atoms with van der Waals surface area (Å²) < 4.78 is 6.64. The normalized spacial score (nSPS) is 10.7. The van der Waals surface area contributed by atoms with E-state index < -0.39 is 0 Å². The number of benzene rings is 2. The second-order valence-corrected chi connectivity index (χ2v) is 7.64. The molecule has 0 saturated carbocycles. The number of fused-ring (bicyclic) bond motifs is 1. The summed E-state index contributed by atoms with van der Waals surface area (Å²) in [5.41, 5.74) is 4.23. The molecule has 0 spiro atoms. The third kappa shape index (κ3) is 4.33. The van der Waals surface area contributed by atoms with Crippen molar-refractivity contribution in [3.8, 4) is 11.5 Å². The minimum atomic E-state index is -0.257. The Morgan fingerprint density at radius 2 is 1.97 bits per heavy atom. The number of aromatic nitrogens is 2. The van der Waals surface area contributed by atoms with Gasteiger partial charge in [-0.3, -0.25) is 15.1 Å². The van der Waals surface area contributed by atoms with E-state index in [4.69, 9.17) is 16.6 Å². The van der Waals surface area contributed by atoms with Crippen molar-refractivity contribution in [2.45, 2.75) is 6.92 Å². The number of rotatable bonds is 3. The first-order valence-corrected chi connectivity index (χ1v) is 9.89. The van der Waals surface area contributed by atoms with Crippen LogP contribution in [-0.2, 0) is 0 Å². The van der Waals surface area contributed by atoms with E-state index in [-0.39, 0.29) is 11.0 Å². The Hall–Kier alpha value is -3.10. The van der Waals surface area contributed by atoms with E-state index in [0.29, 0.717) is 28.2 Å². The first-order valence-electron chi connectivity index (χ1n) is 8.69. The van der Waals surface area contributed by atoms with Crippen molar-refractivity contribution in [2.24, 2.45) is 0 Å². The maximum atomic E-state index is 12.4. The molecule has 144 valence electrons. The summed E-state index contributed by atoms with van der Waals surface area (Å²) in [7, 11) is 0. The molecule has 0 saturated heterocycles. The molecule has 0 atom stereocenters. The highest BCUT2D eigenvalue weighted by Crippen LogP contribution is 2.27. The second-order valence-electron chi connectivity index (χ2n) is 6.32. The van der Waals surface area contributed by atoms with Crippen LogP contribution in [0.5, 0.6) is 0 Å². The molecule has 29 heavy (non-hydrogen) atoms. The molecule has 1 amide bonds. The van der Waals surface area contributed by atoms with Crippen molar-refractivity contribution < 1.29 is 9.21 Å². The molecule has 8 heteroatoms. The Kier molecular flexibility index (Phi) is 5.37. The summed E-state index contributed by atoms with van der Waals surface area (Å²) in [4.78, 5) is 21.0. The standard InChI is InChI=1S/C21H15BrN4O2S/c1-12-4-2-3-5-16(12)19(27)26-21(29)24-15-6-7-18-17(9-15)25-20(28-18)13-8-14(22)11-23-10-13/h2-11H,1H3,(H2,24,26,27,29). The first kappa shape index (κ1) is 19.2. The fourth-order valence-electron chi connectivity index (χ4n) is 2.82. The zero-order chi connectivity index (χ0) is 20.4. The summed E-state index contributed by atoms with van der Waals surface area (Å²) in [6.07, 6.45) is 3.38. The smallest absolute Gasteiger partial charge is 0.257 e. The van der Waals surface area contributed by atoms with E-state index in [2.05, 4.69) is 36.5 Å². The van der Waals surface area contributed by atoms with Gasteiger partial charge in [0.1, 0.15) is 5.52 Å². The summed E-state index contributed by atoms with van der Waals surface area (Å²) in [5.74, 6) is 0.217. The number of anilines is 1. The SMILES string of the molecule is Cc1ccccc1C(=O)NC(=S)Nc1ccc2oc(-c3cncc(Br)c3)nc2c1. The van der Waals surface area contributed by atoms with E-state index in [1.54, 1.807) is 30.6 Å². The largest absolute Gasteiger partial charge is 0.436 e. The molecule has 4 aromatic rings. The highest BCUT2D eigenvalue weighted by molar-refractivity contribution is 9.10. The Labute approximate surface area is 180 Å². The van der Waals surface area contributed by atoms with Crippen LogP contribution in [0.4, 0.5) is 5.69 Å². The summed E-state index contributed by atoms with van der Waals surface area (Å²) >= 11 is 8.67. The second kappa shape index (κ2) is 8.10. The maximum absolute atomic E-state index is 12.4. The van der Waals surface area contributed by atoms with Gasteiger partial charge in [-0.2, -0.15) is 0 Å². The van der Waals surface area contributed by atoms with Crippen LogP contribution < -0.4 is 10.6 Å². The lowest BCUT2D eigenvalue weighted by molar-refractivity contribution is 0.0977. The van der Waals surface area contributed by atoms with Crippen LogP contribution >= 0.6 is 28.1 Å². The predicted octanol–water partition coefficient (Wildman–Crippen LogP) is 5.09. The van der Waals surface area contributed by atoms with Crippen molar-refractivity contribution in [3.05, 3.63) is 76.5 Å². The van der Waals surface area contributed by atoms with Gasteiger partial charge in [-0.25, -0.2) is 4.98 Å². The Bertz CT molecular complexity index is 1240. The van der Waals surface area contributed by atoms with Gasteiger partial charge in [0.05, 0.1) is 5.56 Å². The predicted molar refractivity (Wildman–Crippen MR) is 120 cm³/mol. The lowest BCUT2D eigenvalue weighted by Gasteiger charge is -2.10. The number of pyridine rings is 1. The Morgan fingerprint density at radius 3 is 2.76 bits per heavy atom. The number of nitrogens with zero attached hydrogens (tertiary/aromatic N) is 2. The molecule has 0 aliphatic rings. The van der Waals surface area contributed by atoms with Gasteiger partial charge in [0.25, 0.3) is 5.91 Å². The number of oxazole rings is 1. The Morgan fingerprint density at radius 1 is 1.14 bits per heavy atom. The zero-order valence-electron chi connectivity index (χ0n) is 15.3. The van der Waals surface area contributed by atoms with Gasteiger partial charge >= 0.3 is 0 Å². The number of carbonyl (C=O) groups excluding carboxylic acids is 1. The summed E-state index contributed by atoms with van der Waals surface area (Å²) in [6, 6.07) is 14.6. The third-order valence-electron chi connectivity index (χ3n) is 4.21. The molecule has 0 aliphatic carbocycles. The van der Waals surface area contributed by atoms with E-state index in [1.807, 2.05) is 37.3 Å². The quantitative estimate of drug-likeness (QED) is 0.409. The van der Waals surface area contributed by atoms with E-state index >= 15 is 0 Å². The monoisotopic (exact) mass is 466 g/mol. The number of carbonyl (C=O) groups is 1. The van der Waals surface area contributed by atoms with Crippen LogP contribution in [0.3, 0.4) is 0 Å². The van der Waals surface area contributed by atoms with Gasteiger partial charge in [0.15, 0.2) is 10.7 Å². The van der Waals surface area contributed by atoms with Crippen molar-refractivity contribution in [3.63, 3.8) is 0 Å². The number of nitrogens with one attached hydrogen (secondary N) is 2. The molecule has 2 N–H and O–H groups in total. The minimum Gasteiger partial charge on any atom is -0.436 e. The van der Waals surface area contributed by atoms with Gasteiger partial charge in [-0.15, -0.1) is 0 Å². The summed E-state index contributed by atoms with van der Waals surface area (Å²) in [6.45, 7) is 1.88. The minimum absolute atomic E-state index is 0.206. The molecule has 2 aromatic carbocycles. The maximum Gasteiger partial charge on any atom is 0.257 e. The molecule has 2 aromatic heterocycles. The van der Waals surface area contributed by atoms with Gasteiger partial charge in [0.2, 0.25) is 5.89 Å². The molecule has 2 heterocycles. The van der Waals surface area contributed by atoms with Gasteiger partial charge in [0, 0.05) is 28.1 Å². The van der Waals surface area contributed by atoms with Crippen LogP contribution in [0, 0.1) is 6.92 Å². The molecule has 0 fully saturated rings. The van der Waals surface area contributed by atoms with Crippen LogP contribution in [-0.4, -0.2) is 21.0 Å². The Balaban J connectivity index is 1.50. The molecular weight excluding hydrogens is 452 g/mol. The zero-order valence-corrected chi connectivity index (χ0v) is 17.7. The molecule has 0 radical (unpaired) electrons. The van der Waals surface area contributed by atoms with Crippen molar-refractivity contribution in [2.75, 3.05) is 5.32 Å². The first-order chi connectivity index (χ1) is 14.0. The topological polar surface area (TPSA) is 80.0 Å². The van der Waals surface area contributed by atoms with Crippen LogP contribution in [0.2, 0.25) is 0 Å². The molecule has 0 aliphatic heterocycles. The van der Waals surface area contributed by atoms with E-state index in [9.17, 15) is 4.79 Å². The molecule has 0 unspecified atom stereocenters. The molecule has 6 nitrogen and oxygen atoms in total. The fourth-order valence-corrected chi connectivity index (χ4v) is 3.39. The lowest BCUT2D eigenvalue weighted by Crippen LogP contribution is -2.34. The van der Waals surface area contributed by atoms with Crippen LogP contribution in [0.25, 0.3) is 22.6 Å². The van der Waals surface area contributed by atoms with Crippen LogP contribution in [0.15, 0.2) is 69.8 Å². The molecular formula is C21H15BrN4O2S. The number of hydrogen-bond donors (Lipinski definition) is 2. The van der Waals surface area contributed by atoms with Gasteiger partial charge < -0.3 is 9.73 Å². The number of amides is 1. The van der Waals surface area contributed by atoms with Crippen molar-refractivity contribution in [1.29, 1.82) is 0 Å². The van der Waals surface area contributed by atoms with Crippen molar-refractivity contribution >= 4 is 56.0 Å². The number of hydrogen-bond acceptors (Lipinski definition) is 5. The highest BCUT2D eigenvalue weighted by atomic mass is 79.9. The van der Waals surface area contributed by atoms with E-state index in [0.717, 1.165) is 15.6 Å². The average Bonchev–Trinajstić information content (AvgIpc) is 3.11. The number of halogens is 1. The van der Waals surface area contributed by atoms with E-state index in [1.165, 1.54) is 0 Å². The number of aryl methyl sites for hydroxylation is 1. The highest BCUT2D eigenvalue weighted by Gasteiger charge is 2.12. The van der Waals surface area contributed by atoms with Crippen LogP contribution in [0.1, 0.15) is 15.9 Å². The fraction of sp³-hybridized carbons (Fsp3) is 0.0476. The van der Waals surface area contributed by atoms with Gasteiger partial charge in [-0.1, -0.05) is 18.2 Å². The third-order valence-corrected chi connectivity index (χ3v) is 4.85. The van der Waals surface area contributed by atoms with Gasteiger partial charge in [-0.05, 0) is 71.0 Å². The summed E-state index contributed by atoms with van der Waals surface area (Å²) in [5, 5.41) is 5.91. The molecule has 0 bridgehead atoms. The average molecular weight is 467 g/mol. The molecule has 4 rings (SSSR count).